The molecule has 2 heterocycles. The summed E-state index contributed by atoms with van der Waals surface area (Å²) in [6, 6.07) is 47.7. The summed E-state index contributed by atoms with van der Waals surface area (Å²) in [5.41, 5.74) is 19.5. The van der Waals surface area contributed by atoms with Crippen molar-refractivity contribution in [2.45, 2.75) is 40.5 Å². The smallest absolute Gasteiger partial charge is 0.0510 e. The average molecular weight is 727 g/mol. The Kier molecular flexibility index (Phi) is 7.93. The molecule has 56 heavy (non-hydrogen) atoms. The number of rotatable bonds is 6. The van der Waals surface area contributed by atoms with E-state index < -0.39 is 0 Å². The van der Waals surface area contributed by atoms with Crippen LogP contribution in [-0.4, -0.2) is 11.6 Å². The lowest BCUT2D eigenvalue weighted by molar-refractivity contribution is 0.996. The van der Waals surface area contributed by atoms with E-state index in [9.17, 15) is 0 Å². The van der Waals surface area contributed by atoms with Gasteiger partial charge in [-0.05, 0) is 153 Å². The van der Waals surface area contributed by atoms with Gasteiger partial charge in [-0.1, -0.05) is 66.7 Å². The van der Waals surface area contributed by atoms with Gasteiger partial charge in [-0.25, -0.2) is 0 Å². The fourth-order valence-electron chi connectivity index (χ4n) is 9.46. The molecule has 4 nitrogen and oxygen atoms in total. The standard InChI is InChI=1S/C52H46N4/c1-33-24-34(2)27-41(26-33)55(37-14-9-7-10-15-37)39-20-22-43-46-32-50-51(45-18-13-19-47(52(45)46)53(5)48(43)30-39)44-23-21-40(31-49(44)54(50)6)56(38-16-11-8-12-17-38)42-28-35(3)25-36(4)29-42/h8-9,11-32H,7,10H2,1-6H3. The third kappa shape index (κ3) is 5.43. The molecule has 0 fully saturated rings. The number of aryl methyl sites for hydroxylation is 5. The van der Waals surface area contributed by atoms with Crippen LogP contribution in [-0.2, 0) is 7.05 Å². The normalized spacial score (nSPS) is 13.4. The van der Waals surface area contributed by atoms with Crippen LogP contribution >= 0.6 is 0 Å². The van der Waals surface area contributed by atoms with Crippen molar-refractivity contribution >= 4 is 72.4 Å². The summed E-state index contributed by atoms with van der Waals surface area (Å²) < 4.78 is 2.40. The van der Waals surface area contributed by atoms with Gasteiger partial charge in [0.15, 0.2) is 0 Å². The summed E-state index contributed by atoms with van der Waals surface area (Å²) in [5.74, 6) is 0. The Morgan fingerprint density at radius 3 is 1.84 bits per heavy atom. The van der Waals surface area contributed by atoms with Gasteiger partial charge < -0.3 is 19.3 Å². The molecule has 0 atom stereocenters. The fraction of sp³-hybridized carbons (Fsp3) is 0.154. The molecule has 8 aromatic rings. The molecule has 10 rings (SSSR count). The van der Waals surface area contributed by atoms with E-state index in [0.29, 0.717) is 0 Å². The molecule has 1 aliphatic heterocycles. The van der Waals surface area contributed by atoms with Gasteiger partial charge in [-0.3, -0.25) is 0 Å². The number of hydrogen-bond donors (Lipinski definition) is 0. The minimum atomic E-state index is 1.05. The Morgan fingerprint density at radius 1 is 0.464 bits per heavy atom. The molecular weight excluding hydrogens is 681 g/mol. The lowest BCUT2D eigenvalue weighted by Gasteiger charge is -2.33. The predicted molar refractivity (Wildman–Crippen MR) is 240 cm³/mol. The highest BCUT2D eigenvalue weighted by Gasteiger charge is 2.27. The minimum Gasteiger partial charge on any atom is -0.344 e. The van der Waals surface area contributed by atoms with Crippen molar-refractivity contribution in [3.8, 4) is 11.1 Å². The lowest BCUT2D eigenvalue weighted by atomic mass is 9.89. The van der Waals surface area contributed by atoms with Crippen molar-refractivity contribution in [2.75, 3.05) is 21.7 Å². The summed E-state index contributed by atoms with van der Waals surface area (Å²) in [5, 5.41) is 5.17. The molecule has 0 amide bonds. The molecule has 1 aliphatic carbocycles. The van der Waals surface area contributed by atoms with Crippen LogP contribution in [0.25, 0.3) is 43.7 Å². The van der Waals surface area contributed by atoms with Crippen molar-refractivity contribution in [3.05, 3.63) is 174 Å². The number of benzene rings is 7. The first-order valence-corrected chi connectivity index (χ1v) is 19.8. The maximum Gasteiger partial charge on any atom is 0.0510 e. The van der Waals surface area contributed by atoms with E-state index in [4.69, 9.17) is 0 Å². The van der Waals surface area contributed by atoms with Crippen LogP contribution in [0.5, 0.6) is 0 Å². The van der Waals surface area contributed by atoms with E-state index in [1.165, 1.54) is 100 Å². The predicted octanol–water partition coefficient (Wildman–Crippen LogP) is 14.3. The average Bonchev–Trinajstić information content (AvgIpc) is 3.47. The summed E-state index contributed by atoms with van der Waals surface area (Å²) in [7, 11) is 4.46. The van der Waals surface area contributed by atoms with E-state index in [1.54, 1.807) is 0 Å². The molecule has 1 aromatic heterocycles. The number of aromatic nitrogens is 1. The molecule has 0 saturated carbocycles. The molecular formula is C52H46N4. The highest BCUT2D eigenvalue weighted by molar-refractivity contribution is 6.28. The second kappa shape index (κ2) is 13.1. The first-order valence-electron chi connectivity index (χ1n) is 19.8. The lowest BCUT2D eigenvalue weighted by Crippen LogP contribution is -2.19. The maximum absolute atomic E-state index is 2.44. The van der Waals surface area contributed by atoms with Crippen molar-refractivity contribution in [2.24, 2.45) is 7.05 Å². The van der Waals surface area contributed by atoms with Gasteiger partial charge in [0.2, 0.25) is 0 Å². The first-order chi connectivity index (χ1) is 27.2. The number of anilines is 7. The molecule has 2 aliphatic rings. The summed E-state index contributed by atoms with van der Waals surface area (Å²) in [6.07, 6.45) is 9.09. The number of para-hydroxylation sites is 1. The Morgan fingerprint density at radius 2 is 1.14 bits per heavy atom. The second-order valence-corrected chi connectivity index (χ2v) is 15.8. The zero-order valence-electron chi connectivity index (χ0n) is 33.1. The molecule has 0 saturated heterocycles. The Hall–Kier alpha value is -6.52. The van der Waals surface area contributed by atoms with Crippen LogP contribution in [0, 0.1) is 27.7 Å². The van der Waals surface area contributed by atoms with Crippen molar-refractivity contribution < 1.29 is 0 Å². The highest BCUT2D eigenvalue weighted by atomic mass is 15.2. The summed E-state index contributed by atoms with van der Waals surface area (Å²) in [6.45, 7) is 8.74. The van der Waals surface area contributed by atoms with E-state index >= 15 is 0 Å². The van der Waals surface area contributed by atoms with Gasteiger partial charge in [-0.2, -0.15) is 0 Å². The van der Waals surface area contributed by atoms with Crippen LogP contribution < -0.4 is 14.7 Å². The third-order valence-corrected chi connectivity index (χ3v) is 11.8. The van der Waals surface area contributed by atoms with Crippen LogP contribution in [0.1, 0.15) is 35.1 Å². The summed E-state index contributed by atoms with van der Waals surface area (Å²) in [4.78, 5) is 7.22. The van der Waals surface area contributed by atoms with Crippen LogP contribution in [0.3, 0.4) is 0 Å². The van der Waals surface area contributed by atoms with Crippen LogP contribution in [0.15, 0.2) is 151 Å². The topological polar surface area (TPSA) is 14.7 Å². The SMILES string of the molecule is Cc1cc(C)cc(N(C2=CCCC=C2)c2ccc3c(c2)N(C)c2cccc4c2c-3cc2c4c3ccc(N(c4ccccc4)c4cc(C)cc(C)c4)cc3n2C)c1. The third-order valence-electron chi connectivity index (χ3n) is 11.8. The second-order valence-electron chi connectivity index (χ2n) is 15.8. The van der Waals surface area contributed by atoms with Gasteiger partial charge in [-0.15, -0.1) is 0 Å². The molecule has 4 heteroatoms. The minimum absolute atomic E-state index is 1.05. The monoisotopic (exact) mass is 726 g/mol. The molecule has 0 N–H and O–H groups in total. The zero-order chi connectivity index (χ0) is 38.2. The van der Waals surface area contributed by atoms with E-state index in [1.807, 2.05) is 0 Å². The van der Waals surface area contributed by atoms with Crippen LogP contribution in [0.4, 0.5) is 39.8 Å². The largest absolute Gasteiger partial charge is 0.344 e. The van der Waals surface area contributed by atoms with E-state index in [0.717, 1.165) is 24.2 Å². The molecule has 0 unspecified atom stereocenters. The number of hydrogen-bond acceptors (Lipinski definition) is 3. The van der Waals surface area contributed by atoms with Gasteiger partial charge >= 0.3 is 0 Å². The Bertz CT molecular complexity index is 2900. The van der Waals surface area contributed by atoms with Gasteiger partial charge in [0.25, 0.3) is 0 Å². The van der Waals surface area contributed by atoms with Crippen molar-refractivity contribution in [3.63, 3.8) is 0 Å². The Labute approximate surface area is 329 Å². The Balaban J connectivity index is 1.16. The first kappa shape index (κ1) is 34.0. The molecule has 274 valence electrons. The van der Waals surface area contributed by atoms with Gasteiger partial charge in [0, 0.05) is 75.6 Å². The fourth-order valence-corrected chi connectivity index (χ4v) is 9.46. The summed E-state index contributed by atoms with van der Waals surface area (Å²) >= 11 is 0. The molecule has 7 aromatic carbocycles. The van der Waals surface area contributed by atoms with Gasteiger partial charge in [0.1, 0.15) is 0 Å². The maximum atomic E-state index is 2.44. The number of nitrogens with zero attached hydrogens (tertiary/aromatic N) is 4. The zero-order valence-corrected chi connectivity index (χ0v) is 33.1. The van der Waals surface area contributed by atoms with Gasteiger partial charge in [0.05, 0.1) is 16.7 Å². The van der Waals surface area contributed by atoms with Crippen molar-refractivity contribution in [1.82, 2.24) is 4.57 Å². The molecule has 0 radical (unpaired) electrons. The molecule has 0 spiro atoms. The quantitative estimate of drug-likeness (QED) is 0.170. The van der Waals surface area contributed by atoms with Crippen LogP contribution in [0.2, 0.25) is 0 Å². The highest BCUT2D eigenvalue weighted by Crippen LogP contribution is 2.52. The number of allylic oxidation sites excluding steroid dienone is 3. The number of fused-ring (bicyclic) bond motifs is 6. The van der Waals surface area contributed by atoms with Crippen molar-refractivity contribution in [1.29, 1.82) is 0 Å². The molecule has 0 bridgehead atoms. The van der Waals surface area contributed by atoms with E-state index in [-0.39, 0.29) is 0 Å². The van der Waals surface area contributed by atoms with E-state index in [2.05, 4.69) is 207 Å².